The average Bonchev–Trinajstić information content (AvgIpc) is 2.88. The minimum Gasteiger partial charge on any atom is -0.478 e. The second-order valence-corrected chi connectivity index (χ2v) is 12.9. The van der Waals surface area contributed by atoms with Crippen LogP contribution in [-0.4, -0.2) is 62.7 Å². The predicted octanol–water partition coefficient (Wildman–Crippen LogP) is 7.26. The molecule has 0 aliphatic rings. The van der Waals surface area contributed by atoms with Gasteiger partial charge in [-0.25, -0.2) is 4.79 Å². The molecule has 7 nitrogen and oxygen atoms in total. The zero-order chi connectivity index (χ0) is 27.8. The molecule has 0 aliphatic carbocycles. The third kappa shape index (κ3) is 19.3. The largest absolute Gasteiger partial charge is 0.478 e. The summed E-state index contributed by atoms with van der Waals surface area (Å²) in [5.74, 6) is -0.851. The lowest BCUT2D eigenvalue weighted by molar-refractivity contribution is -0.154. The monoisotopic (exact) mass is 566 g/mol. The summed E-state index contributed by atoms with van der Waals surface area (Å²) in [5.41, 5.74) is 0. The number of carboxylic acid groups (broad SMARTS) is 1. The third-order valence-corrected chi connectivity index (χ3v) is 9.37. The topological polar surface area (TPSA) is 110 Å². The summed E-state index contributed by atoms with van der Waals surface area (Å²) in [6.45, 7) is 6.47. The van der Waals surface area contributed by atoms with Crippen LogP contribution < -0.4 is 0 Å². The first-order chi connectivity index (χ1) is 17.8. The molecule has 0 amide bonds. The van der Waals surface area contributed by atoms with Gasteiger partial charge in [-0.05, 0) is 26.2 Å². The van der Waals surface area contributed by atoms with Crippen molar-refractivity contribution in [2.24, 2.45) is 0 Å². The van der Waals surface area contributed by atoms with Gasteiger partial charge in [0.15, 0.2) is 0 Å². The van der Waals surface area contributed by atoms with Crippen LogP contribution in [0.15, 0.2) is 0 Å². The number of aliphatic carboxylic acids is 1. The van der Waals surface area contributed by atoms with Crippen LogP contribution in [0.5, 0.6) is 0 Å². The summed E-state index contributed by atoms with van der Waals surface area (Å²) in [5, 5.41) is 16.2. The van der Waals surface area contributed by atoms with Gasteiger partial charge in [0.2, 0.25) is 8.46 Å². The van der Waals surface area contributed by atoms with Crippen molar-refractivity contribution >= 4 is 25.2 Å². The van der Waals surface area contributed by atoms with Crippen LogP contribution in [0.4, 0.5) is 0 Å². The van der Waals surface area contributed by atoms with Crippen LogP contribution in [-0.2, 0) is 29.6 Å². The van der Waals surface area contributed by atoms with Crippen molar-refractivity contribution in [3.05, 3.63) is 0 Å². The molecule has 0 aromatic rings. The molecule has 0 fully saturated rings. The molecule has 4 unspecified atom stereocenters. The Balaban J connectivity index is 4.40. The second-order valence-electron chi connectivity index (χ2n) is 10.2. The van der Waals surface area contributed by atoms with Gasteiger partial charge in [0, 0.05) is 29.8 Å². The molecule has 2 N–H and O–H groups in total. The fraction of sp³-hybridized carbons (Fsp3) is 0.964. The van der Waals surface area contributed by atoms with E-state index in [0.717, 1.165) is 37.9 Å². The van der Waals surface area contributed by atoms with Gasteiger partial charge in [-0.15, -0.1) is 0 Å². The molecule has 0 aromatic heterocycles. The first-order valence-electron chi connectivity index (χ1n) is 14.7. The van der Waals surface area contributed by atoms with Crippen LogP contribution in [0.1, 0.15) is 130 Å². The van der Waals surface area contributed by atoms with Crippen LogP contribution in [0.3, 0.4) is 0 Å². The van der Waals surface area contributed by atoms with E-state index in [1.165, 1.54) is 70.6 Å². The Morgan fingerprint density at radius 3 is 1.86 bits per heavy atom. The molecule has 4 atom stereocenters. The Morgan fingerprint density at radius 2 is 1.35 bits per heavy atom. The van der Waals surface area contributed by atoms with E-state index in [1.807, 2.05) is 6.92 Å². The van der Waals surface area contributed by atoms with E-state index in [9.17, 15) is 18.7 Å². The summed E-state index contributed by atoms with van der Waals surface area (Å²) in [6, 6.07) is 0. The normalized spacial score (nSPS) is 15.9. The number of carbonyl (C=O) groups is 1. The van der Waals surface area contributed by atoms with E-state index < -0.39 is 37.2 Å². The van der Waals surface area contributed by atoms with Crippen molar-refractivity contribution in [2.45, 2.75) is 147 Å². The molecule has 220 valence electrons. The molecule has 0 saturated carbocycles. The van der Waals surface area contributed by atoms with Gasteiger partial charge in [0.25, 0.3) is 5.34 Å². The molecular formula is C28H55O7PS. The van der Waals surface area contributed by atoms with Crippen LogP contribution >= 0.6 is 8.46 Å². The van der Waals surface area contributed by atoms with E-state index in [2.05, 4.69) is 13.8 Å². The number of rotatable bonds is 28. The number of carboxylic acids is 1. The predicted molar refractivity (Wildman–Crippen MR) is 153 cm³/mol. The molecule has 0 bridgehead atoms. The first-order valence-corrected chi connectivity index (χ1v) is 16.9. The van der Waals surface area contributed by atoms with Gasteiger partial charge in [-0.1, -0.05) is 104 Å². The van der Waals surface area contributed by atoms with Crippen LogP contribution in [0.25, 0.3) is 0 Å². The Bertz CT molecular complexity index is 593. The Kier molecular flexibility index (Phi) is 24.4. The highest BCUT2D eigenvalue weighted by Crippen LogP contribution is 2.21. The lowest BCUT2D eigenvalue weighted by Crippen LogP contribution is -2.37. The zero-order valence-electron chi connectivity index (χ0n) is 23.8. The Hall–Kier alpha value is -0.400. The highest BCUT2D eigenvalue weighted by atomic mass is 32.2. The number of hydrogen-bond donors (Lipinski definition) is 2. The van der Waals surface area contributed by atoms with Gasteiger partial charge in [-0.3, -0.25) is 8.77 Å². The van der Waals surface area contributed by atoms with Crippen molar-refractivity contribution in [3.8, 4) is 0 Å². The van der Waals surface area contributed by atoms with E-state index in [-0.39, 0.29) is 18.0 Å². The zero-order valence-corrected chi connectivity index (χ0v) is 25.5. The lowest BCUT2D eigenvalue weighted by atomic mass is 10.1. The van der Waals surface area contributed by atoms with E-state index in [1.54, 1.807) is 0 Å². The van der Waals surface area contributed by atoms with Gasteiger partial charge < -0.3 is 19.7 Å². The fourth-order valence-electron chi connectivity index (χ4n) is 4.29. The van der Waals surface area contributed by atoms with Gasteiger partial charge in [0.05, 0.1) is 18.0 Å². The maximum Gasteiger partial charge on any atom is 0.350 e. The molecule has 0 saturated heterocycles. The molecular weight excluding hydrogens is 511 g/mol. The number of unbranched alkanes of at least 4 members (excludes halogenated alkanes) is 13. The standard InChI is InChI=1S/C28H55O7PS/c1-4-6-8-10-12-13-14-16-18-23-37(33)26(20-17-15-11-9-7-5-2)25(3)35-22-19-21-34-24-28(31,36-32)27(29)30/h25-26,31H,4-24H2,1-3H3,(H,29,30). The molecule has 0 spiro atoms. The summed E-state index contributed by atoms with van der Waals surface area (Å²) in [6.07, 6.45) is 19.7. The molecule has 37 heavy (non-hydrogen) atoms. The summed E-state index contributed by atoms with van der Waals surface area (Å²) >= 11 is 0. The van der Waals surface area contributed by atoms with Gasteiger partial charge >= 0.3 is 5.97 Å². The SMILES string of the molecule is CCCCCCCCCCCS(=O)C(CCCCCCCC)C(C)OCCCOCC(O)(P=O)C(=O)O. The van der Waals surface area contributed by atoms with Crippen LogP contribution in [0.2, 0.25) is 0 Å². The number of hydrogen-bond acceptors (Lipinski definition) is 6. The average molecular weight is 567 g/mol. The highest BCUT2D eigenvalue weighted by molar-refractivity contribution is 7.85. The van der Waals surface area contributed by atoms with E-state index in [4.69, 9.17) is 14.6 Å². The molecule has 0 aliphatic heterocycles. The minimum absolute atomic E-state index is 0.0116. The number of aliphatic hydroxyl groups is 1. The molecule has 0 rings (SSSR count). The minimum atomic E-state index is -2.41. The number of ether oxygens (including phenoxy) is 2. The van der Waals surface area contributed by atoms with Crippen molar-refractivity contribution in [1.82, 2.24) is 0 Å². The Morgan fingerprint density at radius 1 is 0.838 bits per heavy atom. The highest BCUT2D eigenvalue weighted by Gasteiger charge is 2.37. The molecule has 0 radical (unpaired) electrons. The fourth-order valence-corrected chi connectivity index (χ4v) is 6.24. The first kappa shape index (κ1) is 36.6. The van der Waals surface area contributed by atoms with Crippen molar-refractivity contribution in [3.63, 3.8) is 0 Å². The third-order valence-electron chi connectivity index (χ3n) is 6.76. The maximum atomic E-state index is 13.2. The van der Waals surface area contributed by atoms with Crippen LogP contribution in [0, 0.1) is 0 Å². The van der Waals surface area contributed by atoms with Crippen molar-refractivity contribution < 1.29 is 33.3 Å². The quantitative estimate of drug-likeness (QED) is 0.0757. The molecule has 9 heteroatoms. The second kappa shape index (κ2) is 24.6. The van der Waals surface area contributed by atoms with Crippen molar-refractivity contribution in [2.75, 3.05) is 25.6 Å². The van der Waals surface area contributed by atoms with E-state index >= 15 is 0 Å². The van der Waals surface area contributed by atoms with Gasteiger partial charge in [0.1, 0.15) is 0 Å². The lowest BCUT2D eigenvalue weighted by Gasteiger charge is -2.24. The smallest absolute Gasteiger partial charge is 0.350 e. The molecule has 0 heterocycles. The van der Waals surface area contributed by atoms with Crippen molar-refractivity contribution in [1.29, 1.82) is 0 Å². The summed E-state index contributed by atoms with van der Waals surface area (Å²) in [7, 11) is -1.83. The summed E-state index contributed by atoms with van der Waals surface area (Å²) < 4.78 is 35.3. The Labute approximate surface area is 230 Å². The van der Waals surface area contributed by atoms with Gasteiger partial charge in [-0.2, -0.15) is 0 Å². The maximum absolute atomic E-state index is 13.2. The molecule has 0 aromatic carbocycles. The van der Waals surface area contributed by atoms with E-state index in [0.29, 0.717) is 13.0 Å². The summed E-state index contributed by atoms with van der Waals surface area (Å²) in [4.78, 5) is 10.9.